The van der Waals surface area contributed by atoms with E-state index in [-0.39, 0.29) is 5.82 Å². The minimum Gasteiger partial charge on any atom is -0.381 e. The summed E-state index contributed by atoms with van der Waals surface area (Å²) >= 11 is 0. The summed E-state index contributed by atoms with van der Waals surface area (Å²) < 4.78 is 12.8. The number of halogens is 1. The van der Waals surface area contributed by atoms with Gasteiger partial charge in [0, 0.05) is 30.0 Å². The smallest absolute Gasteiger partial charge is 0.123 e. The van der Waals surface area contributed by atoms with Gasteiger partial charge in [-0.15, -0.1) is 0 Å². The molecule has 0 aliphatic heterocycles. The van der Waals surface area contributed by atoms with Gasteiger partial charge in [0.25, 0.3) is 0 Å². The molecule has 1 heterocycles. The zero-order valence-electron chi connectivity index (χ0n) is 10.3. The molecule has 19 heavy (non-hydrogen) atoms. The van der Waals surface area contributed by atoms with Crippen LogP contribution >= 0.6 is 0 Å². The Morgan fingerprint density at radius 3 is 2.68 bits per heavy atom. The molecule has 0 unspecified atom stereocenters. The Hall–Kier alpha value is -2.42. The van der Waals surface area contributed by atoms with Crippen molar-refractivity contribution in [2.45, 2.75) is 6.54 Å². The highest BCUT2D eigenvalue weighted by atomic mass is 19.1. The molecule has 94 valence electrons. The van der Waals surface area contributed by atoms with Gasteiger partial charge in [-0.3, -0.25) is 4.98 Å². The van der Waals surface area contributed by atoms with E-state index in [1.54, 1.807) is 18.3 Å². The number of nitrogens with zero attached hydrogens (tertiary/aromatic N) is 1. The quantitative estimate of drug-likeness (QED) is 0.762. The van der Waals surface area contributed by atoms with Gasteiger partial charge in [-0.2, -0.15) is 0 Å². The zero-order chi connectivity index (χ0) is 13.1. The third kappa shape index (κ3) is 2.55. The van der Waals surface area contributed by atoms with E-state index in [0.717, 1.165) is 11.1 Å². The van der Waals surface area contributed by atoms with E-state index in [2.05, 4.69) is 16.4 Å². The summed E-state index contributed by atoms with van der Waals surface area (Å²) in [5, 5.41) is 5.61. The lowest BCUT2D eigenvalue weighted by molar-refractivity contribution is 0.628. The minimum atomic E-state index is -0.221. The summed E-state index contributed by atoms with van der Waals surface area (Å²) in [5.74, 6) is -0.221. The van der Waals surface area contributed by atoms with Crippen LogP contribution in [0.2, 0.25) is 0 Å². The second-order valence-electron chi connectivity index (χ2n) is 4.37. The van der Waals surface area contributed by atoms with Crippen molar-refractivity contribution in [3.05, 3.63) is 72.3 Å². The van der Waals surface area contributed by atoms with Gasteiger partial charge in [0.2, 0.25) is 0 Å². The first-order valence-electron chi connectivity index (χ1n) is 6.14. The summed E-state index contributed by atoms with van der Waals surface area (Å²) in [7, 11) is 0. The Morgan fingerprint density at radius 2 is 1.84 bits per heavy atom. The minimum absolute atomic E-state index is 0.221. The van der Waals surface area contributed by atoms with Crippen LogP contribution in [0.4, 0.5) is 10.1 Å². The van der Waals surface area contributed by atoms with E-state index >= 15 is 0 Å². The maximum atomic E-state index is 12.8. The normalized spacial score (nSPS) is 10.6. The third-order valence-electron chi connectivity index (χ3n) is 3.10. The van der Waals surface area contributed by atoms with Gasteiger partial charge < -0.3 is 5.32 Å². The number of anilines is 1. The largest absolute Gasteiger partial charge is 0.381 e. The van der Waals surface area contributed by atoms with E-state index in [1.807, 2.05) is 24.4 Å². The van der Waals surface area contributed by atoms with Crippen molar-refractivity contribution in [2.75, 3.05) is 5.32 Å². The lowest BCUT2D eigenvalue weighted by Gasteiger charge is -2.09. The second-order valence-corrected chi connectivity index (χ2v) is 4.37. The molecule has 0 saturated heterocycles. The monoisotopic (exact) mass is 252 g/mol. The fourth-order valence-electron chi connectivity index (χ4n) is 2.11. The van der Waals surface area contributed by atoms with Crippen LogP contribution in [0, 0.1) is 5.82 Å². The molecule has 0 saturated carbocycles. The molecule has 3 rings (SSSR count). The highest BCUT2D eigenvalue weighted by Gasteiger charge is 2.00. The highest BCUT2D eigenvalue weighted by molar-refractivity contribution is 5.84. The number of nitrogens with one attached hydrogen (secondary N) is 1. The lowest BCUT2D eigenvalue weighted by atomic mass is 10.1. The van der Waals surface area contributed by atoms with Gasteiger partial charge in [0.1, 0.15) is 5.82 Å². The maximum absolute atomic E-state index is 12.8. The van der Waals surface area contributed by atoms with Crippen molar-refractivity contribution < 1.29 is 4.39 Å². The highest BCUT2D eigenvalue weighted by Crippen LogP contribution is 2.19. The standard InChI is InChI=1S/C16H13FN2/c17-14-4-6-15(7-5-14)19-11-13-3-1-2-12-10-18-9-8-16(12)13/h1-10,19H,11H2. The number of benzene rings is 2. The fraction of sp³-hybridized carbons (Fsp3) is 0.0625. The van der Waals surface area contributed by atoms with Gasteiger partial charge in [-0.1, -0.05) is 18.2 Å². The summed E-state index contributed by atoms with van der Waals surface area (Å²) in [6.07, 6.45) is 3.65. The number of fused-ring (bicyclic) bond motifs is 1. The molecule has 0 atom stereocenters. The molecule has 2 nitrogen and oxygen atoms in total. The van der Waals surface area contributed by atoms with Gasteiger partial charge in [-0.05, 0) is 41.3 Å². The first-order valence-corrected chi connectivity index (χ1v) is 6.14. The average Bonchev–Trinajstić information content (AvgIpc) is 2.47. The summed E-state index contributed by atoms with van der Waals surface area (Å²) in [6.45, 7) is 0.701. The number of aromatic nitrogens is 1. The van der Waals surface area contributed by atoms with E-state index < -0.39 is 0 Å². The van der Waals surface area contributed by atoms with Crippen LogP contribution in [0.15, 0.2) is 60.9 Å². The van der Waals surface area contributed by atoms with E-state index in [0.29, 0.717) is 6.54 Å². The van der Waals surface area contributed by atoms with E-state index in [9.17, 15) is 4.39 Å². The van der Waals surface area contributed by atoms with Crippen LogP contribution in [-0.2, 0) is 6.54 Å². The Kier molecular flexibility index (Phi) is 3.11. The van der Waals surface area contributed by atoms with Gasteiger partial charge in [0.05, 0.1) is 0 Å². The first-order chi connectivity index (χ1) is 9.33. The van der Waals surface area contributed by atoms with Crippen LogP contribution in [-0.4, -0.2) is 4.98 Å². The van der Waals surface area contributed by atoms with Crippen molar-refractivity contribution in [2.24, 2.45) is 0 Å². The molecule has 1 N–H and O–H groups in total. The van der Waals surface area contributed by atoms with Crippen LogP contribution in [0.1, 0.15) is 5.56 Å². The van der Waals surface area contributed by atoms with Gasteiger partial charge >= 0.3 is 0 Å². The number of pyridine rings is 1. The number of hydrogen-bond donors (Lipinski definition) is 1. The molecule has 0 aliphatic carbocycles. The average molecular weight is 252 g/mol. The number of rotatable bonds is 3. The molecule has 2 aromatic carbocycles. The Morgan fingerprint density at radius 1 is 1.00 bits per heavy atom. The molecule has 0 bridgehead atoms. The molecular weight excluding hydrogens is 239 g/mol. The maximum Gasteiger partial charge on any atom is 0.123 e. The Balaban J connectivity index is 1.84. The Labute approximate surface area is 110 Å². The number of hydrogen-bond acceptors (Lipinski definition) is 2. The van der Waals surface area contributed by atoms with Crippen molar-refractivity contribution in [1.29, 1.82) is 0 Å². The molecular formula is C16H13FN2. The van der Waals surface area contributed by atoms with Crippen molar-refractivity contribution in [1.82, 2.24) is 4.98 Å². The van der Waals surface area contributed by atoms with Crippen LogP contribution < -0.4 is 5.32 Å². The zero-order valence-corrected chi connectivity index (χ0v) is 10.3. The van der Waals surface area contributed by atoms with Crippen LogP contribution in [0.3, 0.4) is 0 Å². The molecule has 0 aliphatic rings. The van der Waals surface area contributed by atoms with Crippen molar-refractivity contribution in [3.8, 4) is 0 Å². The summed E-state index contributed by atoms with van der Waals surface area (Å²) in [6, 6.07) is 14.5. The first kappa shape index (κ1) is 11.7. The van der Waals surface area contributed by atoms with Crippen molar-refractivity contribution >= 4 is 16.5 Å². The predicted molar refractivity (Wildman–Crippen MR) is 75.5 cm³/mol. The SMILES string of the molecule is Fc1ccc(NCc2cccc3cnccc23)cc1. The molecule has 3 aromatic rings. The Bertz CT molecular complexity index is 687. The molecule has 0 spiro atoms. The fourth-order valence-corrected chi connectivity index (χ4v) is 2.11. The molecule has 0 radical (unpaired) electrons. The summed E-state index contributed by atoms with van der Waals surface area (Å²) in [4.78, 5) is 4.12. The molecule has 0 amide bonds. The second kappa shape index (κ2) is 5.06. The van der Waals surface area contributed by atoms with Crippen LogP contribution in [0.25, 0.3) is 10.8 Å². The van der Waals surface area contributed by atoms with Gasteiger partial charge in [-0.25, -0.2) is 4.39 Å². The molecule has 3 heteroatoms. The van der Waals surface area contributed by atoms with Crippen LogP contribution in [0.5, 0.6) is 0 Å². The third-order valence-corrected chi connectivity index (χ3v) is 3.10. The molecule has 1 aromatic heterocycles. The van der Waals surface area contributed by atoms with E-state index in [1.165, 1.54) is 23.1 Å². The van der Waals surface area contributed by atoms with Gasteiger partial charge in [0.15, 0.2) is 0 Å². The molecule has 0 fully saturated rings. The lowest BCUT2D eigenvalue weighted by Crippen LogP contribution is -2.00. The topological polar surface area (TPSA) is 24.9 Å². The van der Waals surface area contributed by atoms with E-state index in [4.69, 9.17) is 0 Å². The van der Waals surface area contributed by atoms with Crippen molar-refractivity contribution in [3.63, 3.8) is 0 Å². The predicted octanol–water partition coefficient (Wildman–Crippen LogP) is 3.99. The summed E-state index contributed by atoms with van der Waals surface area (Å²) in [5.41, 5.74) is 2.11.